The van der Waals surface area contributed by atoms with Gasteiger partial charge in [0.1, 0.15) is 5.82 Å². The third-order valence-electron chi connectivity index (χ3n) is 3.88. The van der Waals surface area contributed by atoms with Crippen molar-refractivity contribution in [1.29, 1.82) is 0 Å². The summed E-state index contributed by atoms with van der Waals surface area (Å²) in [7, 11) is -3.51. The number of hydrogen-bond acceptors (Lipinski definition) is 4. The summed E-state index contributed by atoms with van der Waals surface area (Å²) in [5, 5.41) is 3.43. The van der Waals surface area contributed by atoms with Gasteiger partial charge in [0.05, 0.1) is 0 Å². The topological polar surface area (TPSA) is 67.2 Å². The van der Waals surface area contributed by atoms with Crippen LogP contribution < -0.4 is 5.32 Å². The van der Waals surface area contributed by atoms with Gasteiger partial charge in [-0.1, -0.05) is 13.8 Å². The zero-order chi connectivity index (χ0) is 15.5. The van der Waals surface area contributed by atoms with Gasteiger partial charge in [-0.25, -0.2) is 13.4 Å². The molecule has 2 heterocycles. The average Bonchev–Trinajstić information content (AvgIpc) is 3.07. The van der Waals surface area contributed by atoms with Crippen LogP contribution in [-0.4, -0.2) is 48.0 Å². The lowest BCUT2D eigenvalue weighted by Crippen LogP contribution is -2.42. The maximum atomic E-state index is 12.9. The van der Waals surface area contributed by atoms with Crippen LogP contribution in [0.2, 0.25) is 0 Å². The summed E-state index contributed by atoms with van der Waals surface area (Å²) in [6.45, 7) is 8.89. The average molecular weight is 314 g/mol. The van der Waals surface area contributed by atoms with Crippen molar-refractivity contribution in [2.45, 2.75) is 57.6 Å². The van der Waals surface area contributed by atoms with Gasteiger partial charge in [-0.2, -0.15) is 4.31 Å². The number of nitrogens with one attached hydrogen (secondary N) is 1. The van der Waals surface area contributed by atoms with Crippen LogP contribution in [0.1, 0.15) is 38.9 Å². The molecule has 1 atom stereocenters. The van der Waals surface area contributed by atoms with Crippen molar-refractivity contribution in [1.82, 2.24) is 19.2 Å². The van der Waals surface area contributed by atoms with Gasteiger partial charge < -0.3 is 9.88 Å². The molecule has 0 saturated carbocycles. The lowest BCUT2D eigenvalue weighted by Gasteiger charge is -2.26. The molecule has 0 bridgehead atoms. The fourth-order valence-corrected chi connectivity index (χ4v) is 4.54. The van der Waals surface area contributed by atoms with Gasteiger partial charge in [0.25, 0.3) is 10.0 Å². The number of aromatic nitrogens is 2. The zero-order valence-corrected chi connectivity index (χ0v) is 14.0. The lowest BCUT2D eigenvalue weighted by atomic mass is 10.2. The van der Waals surface area contributed by atoms with Gasteiger partial charge >= 0.3 is 0 Å². The van der Waals surface area contributed by atoms with Crippen LogP contribution in [0.15, 0.2) is 11.2 Å². The minimum absolute atomic E-state index is 0.0478. The Kier molecular flexibility index (Phi) is 5.40. The summed E-state index contributed by atoms with van der Waals surface area (Å²) >= 11 is 0. The van der Waals surface area contributed by atoms with E-state index in [4.69, 9.17) is 0 Å². The first-order valence-electron chi connectivity index (χ1n) is 7.77. The highest BCUT2D eigenvalue weighted by atomic mass is 32.2. The maximum absolute atomic E-state index is 12.9. The van der Waals surface area contributed by atoms with Crippen LogP contribution in [0.5, 0.6) is 0 Å². The Morgan fingerprint density at radius 3 is 2.76 bits per heavy atom. The van der Waals surface area contributed by atoms with Gasteiger partial charge in [0, 0.05) is 31.9 Å². The molecule has 0 aromatic carbocycles. The van der Waals surface area contributed by atoms with E-state index in [1.54, 1.807) is 10.5 Å². The van der Waals surface area contributed by atoms with E-state index < -0.39 is 10.0 Å². The molecule has 1 aromatic rings. The van der Waals surface area contributed by atoms with Crippen LogP contribution >= 0.6 is 0 Å². The molecule has 21 heavy (non-hydrogen) atoms. The first-order chi connectivity index (χ1) is 10.0. The number of rotatable bonds is 7. The van der Waals surface area contributed by atoms with E-state index in [1.165, 1.54) is 0 Å². The van der Waals surface area contributed by atoms with Crippen LogP contribution in [0, 0.1) is 6.92 Å². The molecule has 0 aliphatic carbocycles. The molecule has 120 valence electrons. The summed E-state index contributed by atoms with van der Waals surface area (Å²) in [5.41, 5.74) is 0. The Balaban J connectivity index is 2.31. The monoisotopic (exact) mass is 314 g/mol. The number of aryl methyl sites for hydroxylation is 2. The van der Waals surface area contributed by atoms with Gasteiger partial charge in [0.15, 0.2) is 5.03 Å². The molecule has 1 aromatic heterocycles. The minimum Gasteiger partial charge on any atom is -0.334 e. The first kappa shape index (κ1) is 16.5. The third-order valence-corrected chi connectivity index (χ3v) is 5.70. The van der Waals surface area contributed by atoms with Crippen LogP contribution in [0.4, 0.5) is 0 Å². The fraction of sp³-hybridized carbons (Fsp3) is 0.786. The van der Waals surface area contributed by atoms with E-state index in [0.29, 0.717) is 6.54 Å². The molecular weight excluding hydrogens is 288 g/mol. The van der Waals surface area contributed by atoms with Crippen molar-refractivity contribution in [2.24, 2.45) is 0 Å². The van der Waals surface area contributed by atoms with E-state index in [1.807, 2.05) is 18.4 Å². The smallest absolute Gasteiger partial charge is 0.262 e. The van der Waals surface area contributed by atoms with Gasteiger partial charge in [-0.15, -0.1) is 0 Å². The summed E-state index contributed by atoms with van der Waals surface area (Å²) in [4.78, 5) is 4.29. The van der Waals surface area contributed by atoms with Gasteiger partial charge in [-0.3, -0.25) is 0 Å². The van der Waals surface area contributed by atoms with Crippen LogP contribution in [0.25, 0.3) is 0 Å². The van der Waals surface area contributed by atoms with E-state index >= 15 is 0 Å². The second kappa shape index (κ2) is 6.89. The zero-order valence-electron chi connectivity index (χ0n) is 13.2. The van der Waals surface area contributed by atoms with E-state index in [-0.39, 0.29) is 11.1 Å². The predicted octanol–water partition coefficient (Wildman–Crippen LogP) is 1.36. The molecule has 1 unspecified atom stereocenters. The second-order valence-electron chi connectivity index (χ2n) is 5.58. The largest absolute Gasteiger partial charge is 0.334 e. The maximum Gasteiger partial charge on any atom is 0.262 e. The van der Waals surface area contributed by atoms with E-state index in [2.05, 4.69) is 17.2 Å². The SMILES string of the molecule is CCCN(C1CCNC1)S(=O)(=O)c1cn(CCC)c(C)n1. The van der Waals surface area contributed by atoms with Crippen molar-refractivity contribution in [3.05, 3.63) is 12.0 Å². The summed E-state index contributed by atoms with van der Waals surface area (Å²) in [6.07, 6.45) is 4.32. The lowest BCUT2D eigenvalue weighted by molar-refractivity contribution is 0.334. The van der Waals surface area contributed by atoms with E-state index in [0.717, 1.165) is 44.7 Å². The van der Waals surface area contributed by atoms with Gasteiger partial charge in [-0.05, 0) is 32.7 Å². The molecule has 1 N–H and O–H groups in total. The molecule has 0 spiro atoms. The van der Waals surface area contributed by atoms with Crippen molar-refractivity contribution in [2.75, 3.05) is 19.6 Å². The quantitative estimate of drug-likeness (QED) is 0.825. The van der Waals surface area contributed by atoms with Crippen molar-refractivity contribution >= 4 is 10.0 Å². The molecule has 1 saturated heterocycles. The van der Waals surface area contributed by atoms with Crippen molar-refractivity contribution < 1.29 is 8.42 Å². The Labute approximate surface area is 127 Å². The standard InChI is InChI=1S/C14H26N4O2S/c1-4-8-17-11-14(16-12(17)3)21(19,20)18(9-5-2)13-6-7-15-10-13/h11,13,15H,4-10H2,1-3H3. The number of hydrogen-bond donors (Lipinski definition) is 1. The molecular formula is C14H26N4O2S. The Hall–Kier alpha value is -0.920. The predicted molar refractivity (Wildman–Crippen MR) is 82.7 cm³/mol. The molecule has 0 radical (unpaired) electrons. The fourth-order valence-electron chi connectivity index (χ4n) is 2.80. The number of nitrogens with zero attached hydrogens (tertiary/aromatic N) is 3. The second-order valence-corrected chi connectivity index (χ2v) is 7.42. The molecule has 2 rings (SSSR count). The highest BCUT2D eigenvalue weighted by Gasteiger charge is 2.34. The Bertz CT molecular complexity index is 562. The van der Waals surface area contributed by atoms with Crippen molar-refractivity contribution in [3.63, 3.8) is 0 Å². The number of imidazole rings is 1. The Morgan fingerprint density at radius 1 is 1.43 bits per heavy atom. The summed E-state index contributed by atoms with van der Waals surface area (Å²) in [5.74, 6) is 0.761. The number of sulfonamides is 1. The molecule has 6 nitrogen and oxygen atoms in total. The molecule has 1 fully saturated rings. The molecule has 0 amide bonds. The highest BCUT2D eigenvalue weighted by molar-refractivity contribution is 7.89. The van der Waals surface area contributed by atoms with Crippen LogP contribution in [-0.2, 0) is 16.6 Å². The summed E-state index contributed by atoms with van der Waals surface area (Å²) in [6, 6.07) is 0.0478. The third kappa shape index (κ3) is 3.46. The Morgan fingerprint density at radius 2 is 2.19 bits per heavy atom. The minimum atomic E-state index is -3.51. The first-order valence-corrected chi connectivity index (χ1v) is 9.21. The normalized spacial score (nSPS) is 19.5. The molecule has 7 heteroatoms. The van der Waals surface area contributed by atoms with E-state index in [9.17, 15) is 8.42 Å². The summed E-state index contributed by atoms with van der Waals surface area (Å²) < 4.78 is 29.4. The van der Waals surface area contributed by atoms with Crippen LogP contribution in [0.3, 0.4) is 0 Å². The molecule has 1 aliphatic heterocycles. The molecule has 1 aliphatic rings. The van der Waals surface area contributed by atoms with Crippen molar-refractivity contribution in [3.8, 4) is 0 Å². The van der Waals surface area contributed by atoms with Gasteiger partial charge in [0.2, 0.25) is 0 Å². The highest BCUT2D eigenvalue weighted by Crippen LogP contribution is 2.21.